The number of carbonyl (C=O) groups is 2. The third-order valence-electron chi connectivity index (χ3n) is 5.61. The summed E-state index contributed by atoms with van der Waals surface area (Å²) in [5, 5.41) is 14.6. The molecule has 0 aliphatic heterocycles. The van der Waals surface area contributed by atoms with Gasteiger partial charge in [0.15, 0.2) is 5.78 Å². The summed E-state index contributed by atoms with van der Waals surface area (Å²) in [6, 6.07) is 14.9. The van der Waals surface area contributed by atoms with E-state index in [4.69, 9.17) is 4.74 Å². The van der Waals surface area contributed by atoms with E-state index in [9.17, 15) is 14.7 Å². The van der Waals surface area contributed by atoms with Gasteiger partial charge in [0.05, 0.1) is 18.6 Å². The SMILES string of the molecule is COc1ccc(C2C(C(C)=O)=C(Nc3ccc(Br)cc3)CC(C)(O)C2C(C)=O)cc1. The van der Waals surface area contributed by atoms with Crippen LogP contribution >= 0.6 is 15.9 Å². The Kier molecular flexibility index (Phi) is 6.48. The zero-order valence-electron chi connectivity index (χ0n) is 17.5. The van der Waals surface area contributed by atoms with Crippen molar-refractivity contribution in [3.8, 4) is 5.75 Å². The fourth-order valence-corrected chi connectivity index (χ4v) is 4.63. The van der Waals surface area contributed by atoms with Crippen molar-refractivity contribution in [3.05, 3.63) is 69.8 Å². The van der Waals surface area contributed by atoms with E-state index >= 15 is 0 Å². The summed E-state index contributed by atoms with van der Waals surface area (Å²) in [5.41, 5.74) is 1.43. The van der Waals surface area contributed by atoms with Crippen LogP contribution in [0.1, 0.15) is 38.7 Å². The number of ether oxygens (including phenoxy) is 1. The number of carbonyl (C=O) groups excluding carboxylic acids is 2. The Balaban J connectivity index is 2.18. The molecule has 5 nitrogen and oxygen atoms in total. The van der Waals surface area contributed by atoms with E-state index in [1.54, 1.807) is 26.2 Å². The van der Waals surface area contributed by atoms with Crippen LogP contribution in [0.25, 0.3) is 0 Å². The molecule has 0 heterocycles. The molecule has 0 amide bonds. The molecule has 2 aromatic carbocycles. The van der Waals surface area contributed by atoms with Crippen LogP contribution in [0.15, 0.2) is 64.3 Å². The van der Waals surface area contributed by atoms with Crippen molar-refractivity contribution in [1.82, 2.24) is 0 Å². The van der Waals surface area contributed by atoms with Crippen molar-refractivity contribution in [2.24, 2.45) is 5.92 Å². The molecule has 6 heteroatoms. The number of anilines is 1. The predicted molar refractivity (Wildman–Crippen MR) is 121 cm³/mol. The number of halogens is 1. The van der Waals surface area contributed by atoms with Gasteiger partial charge in [-0.1, -0.05) is 28.1 Å². The summed E-state index contributed by atoms with van der Waals surface area (Å²) in [7, 11) is 1.58. The molecule has 0 saturated heterocycles. The van der Waals surface area contributed by atoms with Crippen molar-refractivity contribution >= 4 is 33.2 Å². The van der Waals surface area contributed by atoms with Crippen molar-refractivity contribution in [2.45, 2.75) is 38.7 Å². The van der Waals surface area contributed by atoms with Crippen LogP contribution < -0.4 is 10.1 Å². The minimum atomic E-state index is -1.31. The Morgan fingerprint density at radius 2 is 1.70 bits per heavy atom. The monoisotopic (exact) mass is 471 g/mol. The van der Waals surface area contributed by atoms with Gasteiger partial charge in [0.1, 0.15) is 11.5 Å². The molecule has 0 fully saturated rings. The molecule has 158 valence electrons. The summed E-state index contributed by atoms with van der Waals surface area (Å²) >= 11 is 3.42. The van der Waals surface area contributed by atoms with Crippen LogP contribution in [-0.2, 0) is 9.59 Å². The second-order valence-electron chi connectivity index (χ2n) is 7.95. The Labute approximate surface area is 185 Å². The first-order chi connectivity index (χ1) is 14.1. The van der Waals surface area contributed by atoms with Crippen LogP contribution in [0, 0.1) is 5.92 Å². The van der Waals surface area contributed by atoms with E-state index < -0.39 is 17.4 Å². The number of nitrogens with one attached hydrogen (secondary N) is 1. The molecule has 0 spiro atoms. The number of aliphatic hydroxyl groups is 1. The van der Waals surface area contributed by atoms with Gasteiger partial charge in [-0.25, -0.2) is 0 Å². The van der Waals surface area contributed by atoms with E-state index in [1.807, 2.05) is 36.4 Å². The van der Waals surface area contributed by atoms with Gasteiger partial charge >= 0.3 is 0 Å². The molecule has 1 aliphatic carbocycles. The molecule has 3 atom stereocenters. The molecule has 2 aromatic rings. The third kappa shape index (κ3) is 4.50. The van der Waals surface area contributed by atoms with Crippen molar-refractivity contribution in [3.63, 3.8) is 0 Å². The maximum absolute atomic E-state index is 12.8. The molecule has 2 N–H and O–H groups in total. The minimum absolute atomic E-state index is 0.128. The largest absolute Gasteiger partial charge is 0.497 e. The van der Waals surface area contributed by atoms with Gasteiger partial charge in [-0.05, 0) is 62.7 Å². The topological polar surface area (TPSA) is 75.6 Å². The van der Waals surface area contributed by atoms with E-state index in [0.29, 0.717) is 17.0 Å². The standard InChI is InChI=1S/C24H26BrNO4/c1-14(27)21-20(26-18-9-7-17(25)8-10-18)13-24(3,29)23(15(2)28)22(21)16-5-11-19(30-4)12-6-16/h5-12,22-23,26,29H,13H2,1-4H3. The van der Waals surface area contributed by atoms with Gasteiger partial charge in [-0.15, -0.1) is 0 Å². The molecule has 3 unspecified atom stereocenters. The van der Waals surface area contributed by atoms with Crippen LogP contribution in [-0.4, -0.2) is 29.4 Å². The quantitative estimate of drug-likeness (QED) is 0.629. The summed E-state index contributed by atoms with van der Waals surface area (Å²) in [4.78, 5) is 25.5. The second-order valence-corrected chi connectivity index (χ2v) is 8.87. The molecule has 0 radical (unpaired) electrons. The number of rotatable bonds is 6. The maximum atomic E-state index is 12.8. The molecule has 30 heavy (non-hydrogen) atoms. The predicted octanol–water partition coefficient (Wildman–Crippen LogP) is 4.86. The number of hydrogen-bond donors (Lipinski definition) is 2. The van der Waals surface area contributed by atoms with Gasteiger partial charge in [0.25, 0.3) is 0 Å². The minimum Gasteiger partial charge on any atom is -0.497 e. The molecule has 0 aromatic heterocycles. The van der Waals surface area contributed by atoms with E-state index in [0.717, 1.165) is 15.7 Å². The number of benzene rings is 2. The average molecular weight is 472 g/mol. The van der Waals surface area contributed by atoms with Crippen LogP contribution in [0.2, 0.25) is 0 Å². The number of ketones is 2. The second kappa shape index (κ2) is 8.74. The highest BCUT2D eigenvalue weighted by Crippen LogP contribution is 2.48. The summed E-state index contributed by atoms with van der Waals surface area (Å²) < 4.78 is 6.19. The average Bonchev–Trinajstić information content (AvgIpc) is 2.68. The lowest BCUT2D eigenvalue weighted by Gasteiger charge is -2.43. The van der Waals surface area contributed by atoms with Crippen LogP contribution in [0.3, 0.4) is 0 Å². The highest BCUT2D eigenvalue weighted by molar-refractivity contribution is 9.10. The molecule has 0 saturated carbocycles. The first-order valence-electron chi connectivity index (χ1n) is 9.77. The van der Waals surface area contributed by atoms with Crippen molar-refractivity contribution in [2.75, 3.05) is 12.4 Å². The fourth-order valence-electron chi connectivity index (χ4n) is 4.37. The number of hydrogen-bond acceptors (Lipinski definition) is 5. The molecule has 1 aliphatic rings. The fraction of sp³-hybridized carbons (Fsp3) is 0.333. The summed E-state index contributed by atoms with van der Waals surface area (Å²) in [6.07, 6.45) is 0.175. The maximum Gasteiger partial charge on any atom is 0.158 e. The number of Topliss-reactive ketones (excluding diaryl/α,β-unsaturated/α-hetero) is 2. The third-order valence-corrected chi connectivity index (χ3v) is 6.13. The lowest BCUT2D eigenvalue weighted by molar-refractivity contribution is -0.131. The lowest BCUT2D eigenvalue weighted by Crippen LogP contribution is -2.48. The molecule has 0 bridgehead atoms. The Bertz CT molecular complexity index is 977. The summed E-state index contributed by atoms with van der Waals surface area (Å²) in [6.45, 7) is 4.64. The van der Waals surface area contributed by atoms with Crippen molar-refractivity contribution < 1.29 is 19.4 Å². The van der Waals surface area contributed by atoms with Gasteiger partial charge in [0.2, 0.25) is 0 Å². The van der Waals surface area contributed by atoms with Gasteiger partial charge in [0, 0.05) is 33.8 Å². The zero-order chi connectivity index (χ0) is 22.1. The van der Waals surface area contributed by atoms with Gasteiger partial charge < -0.3 is 15.2 Å². The number of allylic oxidation sites excluding steroid dienone is 1. The number of methoxy groups -OCH3 is 1. The first kappa shape index (κ1) is 22.2. The van der Waals surface area contributed by atoms with E-state index in [1.165, 1.54) is 13.8 Å². The van der Waals surface area contributed by atoms with E-state index in [2.05, 4.69) is 21.2 Å². The zero-order valence-corrected chi connectivity index (χ0v) is 19.1. The van der Waals surface area contributed by atoms with Gasteiger partial charge in [-0.3, -0.25) is 9.59 Å². The Hall–Kier alpha value is -2.44. The molecular weight excluding hydrogens is 446 g/mol. The Morgan fingerprint density at radius 1 is 1.10 bits per heavy atom. The van der Waals surface area contributed by atoms with Crippen LogP contribution in [0.5, 0.6) is 5.75 Å². The lowest BCUT2D eigenvalue weighted by atomic mass is 9.64. The highest BCUT2D eigenvalue weighted by atomic mass is 79.9. The molecule has 3 rings (SSSR count). The van der Waals surface area contributed by atoms with Crippen molar-refractivity contribution in [1.29, 1.82) is 0 Å². The van der Waals surface area contributed by atoms with Gasteiger partial charge in [-0.2, -0.15) is 0 Å². The van der Waals surface area contributed by atoms with Crippen LogP contribution in [0.4, 0.5) is 5.69 Å². The summed E-state index contributed by atoms with van der Waals surface area (Å²) in [5.74, 6) is -0.894. The smallest absolute Gasteiger partial charge is 0.158 e. The highest BCUT2D eigenvalue weighted by Gasteiger charge is 2.49. The molecular formula is C24H26BrNO4. The van der Waals surface area contributed by atoms with E-state index in [-0.39, 0.29) is 18.0 Å². The Morgan fingerprint density at radius 3 is 2.20 bits per heavy atom. The first-order valence-corrected chi connectivity index (χ1v) is 10.6. The normalized spacial score (nSPS) is 23.8.